The van der Waals surface area contributed by atoms with Crippen LogP contribution in [0.3, 0.4) is 0 Å². The molecule has 59 heavy (non-hydrogen) atoms. The lowest BCUT2D eigenvalue weighted by Crippen LogP contribution is -2.30. The van der Waals surface area contributed by atoms with Crippen LogP contribution in [0, 0.1) is 0 Å². The first-order chi connectivity index (χ1) is 29.0. The molecule has 0 aromatic carbocycles. The van der Waals surface area contributed by atoms with Crippen molar-refractivity contribution in [2.45, 2.75) is 309 Å². The molecule has 0 fully saturated rings. The third-order valence-electron chi connectivity index (χ3n) is 12.1. The number of rotatable bonds is 49. The van der Waals surface area contributed by atoms with Crippen molar-refractivity contribution in [3.63, 3.8) is 0 Å². The van der Waals surface area contributed by atoms with Gasteiger partial charge in [0.15, 0.2) is 6.10 Å². The van der Waals surface area contributed by atoms with Gasteiger partial charge in [-0.3, -0.25) is 14.4 Å². The zero-order chi connectivity index (χ0) is 43.0. The fourth-order valence-electron chi connectivity index (χ4n) is 8.09. The second-order valence-electron chi connectivity index (χ2n) is 18.2. The largest absolute Gasteiger partial charge is 0.462 e. The molecule has 0 amide bonds. The first kappa shape index (κ1) is 57.4. The van der Waals surface area contributed by atoms with Gasteiger partial charge in [-0.1, -0.05) is 265 Å². The summed E-state index contributed by atoms with van der Waals surface area (Å²) in [4.78, 5) is 37.7. The molecule has 0 heterocycles. The number of esters is 3. The monoisotopic (exact) mass is 835 g/mol. The number of hydrogen-bond donors (Lipinski definition) is 0. The molecule has 0 saturated carbocycles. The maximum Gasteiger partial charge on any atom is 0.306 e. The van der Waals surface area contributed by atoms with Gasteiger partial charge in [-0.25, -0.2) is 0 Å². The Kier molecular flexibility index (Phi) is 47.7. The van der Waals surface area contributed by atoms with E-state index in [9.17, 15) is 14.4 Å². The topological polar surface area (TPSA) is 78.9 Å². The van der Waals surface area contributed by atoms with Gasteiger partial charge in [0.25, 0.3) is 0 Å². The van der Waals surface area contributed by atoms with Crippen LogP contribution in [0.5, 0.6) is 0 Å². The Morgan fingerprint density at radius 2 is 0.458 bits per heavy atom. The van der Waals surface area contributed by atoms with Crippen LogP contribution in [0.2, 0.25) is 0 Å². The lowest BCUT2D eigenvalue weighted by molar-refractivity contribution is -0.167. The highest BCUT2D eigenvalue weighted by Gasteiger charge is 2.19. The van der Waals surface area contributed by atoms with E-state index in [4.69, 9.17) is 14.2 Å². The van der Waals surface area contributed by atoms with Crippen molar-refractivity contribution >= 4 is 17.9 Å². The summed E-state index contributed by atoms with van der Waals surface area (Å²) in [6, 6.07) is 0. The van der Waals surface area contributed by atoms with Crippen LogP contribution in [-0.4, -0.2) is 37.2 Å². The van der Waals surface area contributed by atoms with E-state index in [1.165, 1.54) is 205 Å². The van der Waals surface area contributed by atoms with Gasteiger partial charge >= 0.3 is 17.9 Å². The summed E-state index contributed by atoms with van der Waals surface area (Å²) in [5.41, 5.74) is 0. The lowest BCUT2D eigenvalue weighted by Gasteiger charge is -2.18. The minimum Gasteiger partial charge on any atom is -0.462 e. The van der Waals surface area contributed by atoms with Crippen LogP contribution >= 0.6 is 0 Å². The van der Waals surface area contributed by atoms with E-state index in [0.717, 1.165) is 57.8 Å². The summed E-state index contributed by atoms with van der Waals surface area (Å²) in [7, 11) is 0. The molecule has 0 N–H and O–H groups in total. The van der Waals surface area contributed by atoms with Gasteiger partial charge < -0.3 is 14.2 Å². The minimum absolute atomic E-state index is 0.0628. The van der Waals surface area contributed by atoms with Gasteiger partial charge in [-0.2, -0.15) is 0 Å². The first-order valence-electron chi connectivity index (χ1n) is 26.5. The summed E-state index contributed by atoms with van der Waals surface area (Å²) in [5.74, 6) is -0.854. The normalized spacial score (nSPS) is 11.8. The molecule has 0 saturated heterocycles. The highest BCUT2D eigenvalue weighted by atomic mass is 16.6. The molecule has 350 valence electrons. The van der Waals surface area contributed by atoms with Gasteiger partial charge in [0.05, 0.1) is 0 Å². The van der Waals surface area contributed by atoms with Crippen molar-refractivity contribution in [1.82, 2.24) is 0 Å². The third-order valence-corrected chi connectivity index (χ3v) is 12.1. The van der Waals surface area contributed by atoms with Crippen molar-refractivity contribution in [3.05, 3.63) is 0 Å². The van der Waals surface area contributed by atoms with E-state index in [1.807, 2.05) is 0 Å². The molecular formula is C53H102O6. The van der Waals surface area contributed by atoms with Crippen molar-refractivity contribution in [2.24, 2.45) is 0 Å². The van der Waals surface area contributed by atoms with E-state index in [-0.39, 0.29) is 31.1 Å². The molecule has 0 aliphatic carbocycles. The first-order valence-corrected chi connectivity index (χ1v) is 26.5. The molecule has 0 spiro atoms. The Balaban J connectivity index is 4.03. The van der Waals surface area contributed by atoms with E-state index in [2.05, 4.69) is 20.8 Å². The maximum atomic E-state index is 12.7. The molecule has 0 bridgehead atoms. The molecular weight excluding hydrogens is 733 g/mol. The Morgan fingerprint density at radius 1 is 0.271 bits per heavy atom. The van der Waals surface area contributed by atoms with Crippen molar-refractivity contribution in [2.75, 3.05) is 13.2 Å². The molecule has 6 nitrogen and oxygen atoms in total. The second kappa shape index (κ2) is 49.1. The SMILES string of the molecule is CCCCCCCCCCCCCCCCCCCCCCCCCC(=O)OCC(COC(=O)CCCCCCCC)OC(=O)CCCCCCCCCCCCCC. The van der Waals surface area contributed by atoms with Crippen LogP contribution in [0.15, 0.2) is 0 Å². The lowest BCUT2D eigenvalue weighted by atomic mass is 10.0. The Bertz CT molecular complexity index is 874. The van der Waals surface area contributed by atoms with E-state index in [1.54, 1.807) is 0 Å². The van der Waals surface area contributed by atoms with Crippen molar-refractivity contribution in [3.8, 4) is 0 Å². The van der Waals surface area contributed by atoms with Crippen LogP contribution < -0.4 is 0 Å². The zero-order valence-electron chi connectivity index (χ0n) is 40.1. The smallest absolute Gasteiger partial charge is 0.306 e. The molecule has 6 heteroatoms. The van der Waals surface area contributed by atoms with Crippen LogP contribution in [0.1, 0.15) is 303 Å². The number of hydrogen-bond acceptors (Lipinski definition) is 6. The third kappa shape index (κ3) is 47.3. The molecule has 0 radical (unpaired) electrons. The summed E-state index contributed by atoms with van der Waals surface area (Å²) in [6.07, 6.45) is 52.7. The summed E-state index contributed by atoms with van der Waals surface area (Å²) in [6.45, 7) is 6.62. The van der Waals surface area contributed by atoms with Crippen molar-refractivity contribution < 1.29 is 28.6 Å². The Labute approximate surface area is 368 Å². The van der Waals surface area contributed by atoms with Crippen molar-refractivity contribution in [1.29, 1.82) is 0 Å². The van der Waals surface area contributed by atoms with E-state index in [0.29, 0.717) is 19.3 Å². The highest BCUT2D eigenvalue weighted by molar-refractivity contribution is 5.71. The molecule has 0 aliphatic heterocycles. The van der Waals surface area contributed by atoms with E-state index < -0.39 is 6.10 Å². The minimum atomic E-state index is -0.758. The van der Waals surface area contributed by atoms with E-state index >= 15 is 0 Å². The van der Waals surface area contributed by atoms with Gasteiger partial charge in [0, 0.05) is 19.3 Å². The molecule has 0 aromatic rings. The number of ether oxygens (including phenoxy) is 3. The average Bonchev–Trinajstić information content (AvgIpc) is 3.23. The molecule has 0 rings (SSSR count). The Morgan fingerprint density at radius 3 is 0.678 bits per heavy atom. The summed E-state index contributed by atoms with van der Waals surface area (Å²) < 4.78 is 16.7. The Hall–Kier alpha value is -1.59. The standard InChI is InChI=1S/C53H102O6/c1-4-7-10-13-16-18-20-22-23-24-25-26-27-28-29-30-31-32-34-35-37-40-43-46-52(55)58-49-50(48-57-51(54)45-42-39-15-12-9-6-3)59-53(56)47-44-41-38-36-33-21-19-17-14-11-8-5-2/h50H,4-49H2,1-3H3. The number of carbonyl (C=O) groups excluding carboxylic acids is 3. The summed E-state index contributed by atoms with van der Waals surface area (Å²) in [5, 5.41) is 0. The fraction of sp³-hybridized carbons (Fsp3) is 0.943. The molecule has 0 aliphatic rings. The maximum absolute atomic E-state index is 12.7. The second-order valence-corrected chi connectivity index (χ2v) is 18.2. The van der Waals surface area contributed by atoms with Gasteiger partial charge in [-0.05, 0) is 19.3 Å². The van der Waals surface area contributed by atoms with Gasteiger partial charge in [0.1, 0.15) is 13.2 Å². The number of unbranched alkanes of at least 4 members (excludes halogenated alkanes) is 38. The zero-order valence-corrected chi connectivity index (χ0v) is 40.1. The predicted molar refractivity (Wildman–Crippen MR) is 252 cm³/mol. The molecule has 1 unspecified atom stereocenters. The van der Waals surface area contributed by atoms with Crippen LogP contribution in [0.25, 0.3) is 0 Å². The predicted octanol–water partition coefficient (Wildman–Crippen LogP) is 17.2. The van der Waals surface area contributed by atoms with Crippen LogP contribution in [-0.2, 0) is 28.6 Å². The highest BCUT2D eigenvalue weighted by Crippen LogP contribution is 2.17. The molecule has 0 aromatic heterocycles. The molecule has 1 atom stereocenters. The quantitative estimate of drug-likeness (QED) is 0.0345. The van der Waals surface area contributed by atoms with Gasteiger partial charge in [-0.15, -0.1) is 0 Å². The summed E-state index contributed by atoms with van der Waals surface area (Å²) >= 11 is 0. The van der Waals surface area contributed by atoms with Gasteiger partial charge in [0.2, 0.25) is 0 Å². The number of carbonyl (C=O) groups is 3. The average molecular weight is 835 g/mol. The fourth-order valence-corrected chi connectivity index (χ4v) is 8.09. The van der Waals surface area contributed by atoms with Crippen LogP contribution in [0.4, 0.5) is 0 Å².